The molecule has 0 aromatic heterocycles. The normalized spacial score (nSPS) is 10.7. The summed E-state index contributed by atoms with van der Waals surface area (Å²) in [6.07, 6.45) is 2.94. The third-order valence-electron chi connectivity index (χ3n) is 2.91. The first-order valence-electron chi connectivity index (χ1n) is 6.19. The van der Waals surface area contributed by atoms with Gasteiger partial charge in [-0.05, 0) is 30.7 Å². The monoisotopic (exact) mass is 266 g/mol. The molecule has 2 aromatic carbocycles. The zero-order valence-corrected chi connectivity index (χ0v) is 11.0. The number of carboxylic acids is 1. The van der Waals surface area contributed by atoms with Crippen LogP contribution in [0.25, 0.3) is 6.08 Å². The van der Waals surface area contributed by atoms with Crippen molar-refractivity contribution in [3.05, 3.63) is 76.9 Å². The summed E-state index contributed by atoms with van der Waals surface area (Å²) < 4.78 is 0. The number of benzene rings is 2. The summed E-state index contributed by atoms with van der Waals surface area (Å²) in [5, 5.41) is 9.07. The van der Waals surface area contributed by atoms with E-state index >= 15 is 0 Å². The predicted molar refractivity (Wildman–Crippen MR) is 77.9 cm³/mol. The Bertz CT molecular complexity index is 684. The second kappa shape index (κ2) is 5.97. The van der Waals surface area contributed by atoms with Gasteiger partial charge in [0.25, 0.3) is 0 Å². The second-order valence-corrected chi connectivity index (χ2v) is 4.46. The van der Waals surface area contributed by atoms with E-state index in [0.717, 1.165) is 5.56 Å². The van der Waals surface area contributed by atoms with Gasteiger partial charge in [0, 0.05) is 5.56 Å². The van der Waals surface area contributed by atoms with Gasteiger partial charge >= 0.3 is 5.97 Å². The molecule has 20 heavy (non-hydrogen) atoms. The number of aromatic carboxylic acids is 1. The smallest absolute Gasteiger partial charge is 0.336 e. The van der Waals surface area contributed by atoms with Gasteiger partial charge in [0.05, 0.1) is 5.56 Å². The zero-order valence-electron chi connectivity index (χ0n) is 11.0. The van der Waals surface area contributed by atoms with Crippen molar-refractivity contribution in [3.63, 3.8) is 0 Å². The largest absolute Gasteiger partial charge is 0.478 e. The predicted octanol–water partition coefficient (Wildman–Crippen LogP) is 3.59. The third-order valence-corrected chi connectivity index (χ3v) is 2.91. The summed E-state index contributed by atoms with van der Waals surface area (Å²) in [5.74, 6) is -1.15. The van der Waals surface area contributed by atoms with Crippen LogP contribution in [-0.4, -0.2) is 16.9 Å². The molecule has 0 radical (unpaired) electrons. The molecule has 0 amide bonds. The number of hydrogen-bond donors (Lipinski definition) is 1. The molecule has 1 N–H and O–H groups in total. The average Bonchev–Trinajstić information content (AvgIpc) is 2.45. The molecule has 2 rings (SSSR count). The number of carbonyl (C=O) groups is 2. The highest BCUT2D eigenvalue weighted by Crippen LogP contribution is 2.12. The molecule has 3 heteroatoms. The molecule has 0 spiro atoms. The number of carbonyl (C=O) groups excluding carboxylic acids is 1. The van der Waals surface area contributed by atoms with Crippen molar-refractivity contribution < 1.29 is 14.7 Å². The van der Waals surface area contributed by atoms with Gasteiger partial charge in [-0.3, -0.25) is 4.79 Å². The lowest BCUT2D eigenvalue weighted by Gasteiger charge is -2.00. The van der Waals surface area contributed by atoms with Crippen molar-refractivity contribution in [2.45, 2.75) is 6.92 Å². The molecule has 0 aliphatic carbocycles. The highest BCUT2D eigenvalue weighted by Gasteiger charge is 2.07. The van der Waals surface area contributed by atoms with Gasteiger partial charge in [-0.2, -0.15) is 0 Å². The topological polar surface area (TPSA) is 54.4 Å². The lowest BCUT2D eigenvalue weighted by Crippen LogP contribution is -1.99. The van der Waals surface area contributed by atoms with E-state index in [1.807, 2.05) is 19.1 Å². The minimum atomic E-state index is -1.01. The van der Waals surface area contributed by atoms with Crippen molar-refractivity contribution in [3.8, 4) is 0 Å². The molecule has 0 aliphatic heterocycles. The first-order valence-corrected chi connectivity index (χ1v) is 6.19. The van der Waals surface area contributed by atoms with Gasteiger partial charge in [-0.25, -0.2) is 4.79 Å². The summed E-state index contributed by atoms with van der Waals surface area (Å²) in [5.41, 5.74) is 2.30. The molecular weight excluding hydrogens is 252 g/mol. The highest BCUT2D eigenvalue weighted by atomic mass is 16.4. The summed E-state index contributed by atoms with van der Waals surface area (Å²) in [4.78, 5) is 23.1. The minimum absolute atomic E-state index is 0.145. The quantitative estimate of drug-likeness (QED) is 0.679. The molecule has 0 aliphatic rings. The summed E-state index contributed by atoms with van der Waals surface area (Å²) in [6.45, 7) is 1.92. The molecule has 3 nitrogen and oxygen atoms in total. The lowest BCUT2D eigenvalue weighted by molar-refractivity contribution is 0.0696. The molecule has 100 valence electrons. The van der Waals surface area contributed by atoms with E-state index in [2.05, 4.69) is 0 Å². The van der Waals surface area contributed by atoms with Crippen LogP contribution in [0, 0.1) is 6.92 Å². The van der Waals surface area contributed by atoms with Gasteiger partial charge in [-0.1, -0.05) is 48.0 Å². The number of allylic oxidation sites excluding steroid dienone is 1. The Labute approximate surface area is 117 Å². The van der Waals surface area contributed by atoms with E-state index in [-0.39, 0.29) is 11.3 Å². The van der Waals surface area contributed by atoms with Crippen LogP contribution in [-0.2, 0) is 0 Å². The Kier molecular flexibility index (Phi) is 4.11. The standard InChI is InChI=1S/C17H14O3/c1-12-5-4-7-14(11-12)16(18)10-9-13-6-2-3-8-15(13)17(19)20/h2-11H,1H3,(H,19,20)/b10-9+. The maximum Gasteiger partial charge on any atom is 0.336 e. The van der Waals surface area contributed by atoms with Gasteiger partial charge in [0.2, 0.25) is 0 Å². The van der Waals surface area contributed by atoms with Crippen molar-refractivity contribution in [1.29, 1.82) is 0 Å². The van der Waals surface area contributed by atoms with Crippen LogP contribution < -0.4 is 0 Å². The second-order valence-electron chi connectivity index (χ2n) is 4.46. The fraction of sp³-hybridized carbons (Fsp3) is 0.0588. The lowest BCUT2D eigenvalue weighted by atomic mass is 10.0. The van der Waals surface area contributed by atoms with Crippen LogP contribution in [0.15, 0.2) is 54.6 Å². The number of rotatable bonds is 4. The van der Waals surface area contributed by atoms with Gasteiger partial charge in [0.1, 0.15) is 0 Å². The molecule has 0 fully saturated rings. The number of ketones is 1. The van der Waals surface area contributed by atoms with E-state index in [0.29, 0.717) is 11.1 Å². The maximum atomic E-state index is 12.0. The van der Waals surface area contributed by atoms with Crippen LogP contribution in [0.5, 0.6) is 0 Å². The molecule has 0 heterocycles. The van der Waals surface area contributed by atoms with E-state index in [9.17, 15) is 9.59 Å². The average molecular weight is 266 g/mol. The highest BCUT2D eigenvalue weighted by molar-refractivity contribution is 6.07. The molecular formula is C17H14O3. The summed E-state index contributed by atoms with van der Waals surface area (Å²) in [7, 11) is 0. The van der Waals surface area contributed by atoms with E-state index in [4.69, 9.17) is 5.11 Å². The van der Waals surface area contributed by atoms with Crippen LogP contribution >= 0.6 is 0 Å². The first kappa shape index (κ1) is 13.7. The summed E-state index contributed by atoms with van der Waals surface area (Å²) in [6, 6.07) is 13.9. The fourth-order valence-electron chi connectivity index (χ4n) is 1.90. The van der Waals surface area contributed by atoms with Crippen molar-refractivity contribution in [2.24, 2.45) is 0 Å². The fourth-order valence-corrected chi connectivity index (χ4v) is 1.90. The summed E-state index contributed by atoms with van der Waals surface area (Å²) >= 11 is 0. The van der Waals surface area contributed by atoms with Gasteiger partial charge in [-0.15, -0.1) is 0 Å². The SMILES string of the molecule is Cc1cccc(C(=O)/C=C/c2ccccc2C(=O)O)c1. The Balaban J connectivity index is 2.26. The molecule has 2 aromatic rings. The Morgan fingerprint density at radius 2 is 1.80 bits per heavy atom. The van der Waals surface area contributed by atoms with E-state index < -0.39 is 5.97 Å². The number of aryl methyl sites for hydroxylation is 1. The Hall–Kier alpha value is -2.68. The minimum Gasteiger partial charge on any atom is -0.478 e. The van der Waals surface area contributed by atoms with Gasteiger partial charge in [0.15, 0.2) is 5.78 Å². The molecule has 0 atom stereocenters. The van der Waals surface area contributed by atoms with Crippen LogP contribution in [0.2, 0.25) is 0 Å². The van der Waals surface area contributed by atoms with E-state index in [1.54, 1.807) is 30.3 Å². The molecule has 0 unspecified atom stereocenters. The zero-order chi connectivity index (χ0) is 14.5. The van der Waals surface area contributed by atoms with Crippen LogP contribution in [0.1, 0.15) is 31.8 Å². The molecule has 0 bridgehead atoms. The van der Waals surface area contributed by atoms with Gasteiger partial charge < -0.3 is 5.11 Å². The number of carboxylic acid groups (broad SMARTS) is 1. The van der Waals surface area contributed by atoms with Crippen molar-refractivity contribution in [1.82, 2.24) is 0 Å². The number of hydrogen-bond acceptors (Lipinski definition) is 2. The Morgan fingerprint density at radius 3 is 2.50 bits per heavy atom. The van der Waals surface area contributed by atoms with Crippen LogP contribution in [0.4, 0.5) is 0 Å². The van der Waals surface area contributed by atoms with E-state index in [1.165, 1.54) is 18.2 Å². The Morgan fingerprint density at radius 1 is 1.05 bits per heavy atom. The molecule has 0 saturated carbocycles. The van der Waals surface area contributed by atoms with Crippen LogP contribution in [0.3, 0.4) is 0 Å². The molecule has 0 saturated heterocycles. The third kappa shape index (κ3) is 3.20. The maximum absolute atomic E-state index is 12.0. The first-order chi connectivity index (χ1) is 9.58. The van der Waals surface area contributed by atoms with Crippen molar-refractivity contribution >= 4 is 17.8 Å². The van der Waals surface area contributed by atoms with Crippen molar-refractivity contribution in [2.75, 3.05) is 0 Å².